The van der Waals surface area contributed by atoms with Gasteiger partial charge in [-0.15, -0.1) is 0 Å². The number of rotatable bonds is 3. The number of carbonyl (C=O) groups is 1. The molecule has 1 spiro atoms. The van der Waals surface area contributed by atoms with E-state index >= 15 is 0 Å². The lowest BCUT2D eigenvalue weighted by atomic mass is 9.88. The molecule has 1 atom stereocenters. The van der Waals surface area contributed by atoms with Gasteiger partial charge in [0.1, 0.15) is 5.75 Å². The minimum atomic E-state index is 0.252. The average molecular weight is 259 g/mol. The Hall–Kier alpha value is -1.35. The summed E-state index contributed by atoms with van der Waals surface area (Å²) in [6, 6.07) is 5.76. The number of piperidine rings is 1. The van der Waals surface area contributed by atoms with E-state index < -0.39 is 0 Å². The molecule has 1 saturated carbocycles. The Kier molecular flexibility index (Phi) is 3.09. The first-order valence-electron chi connectivity index (χ1n) is 7.06. The fourth-order valence-corrected chi connectivity index (χ4v) is 3.42. The van der Waals surface area contributed by atoms with E-state index in [2.05, 4.69) is 5.32 Å². The topological polar surface area (TPSA) is 38.3 Å². The fourth-order valence-electron chi connectivity index (χ4n) is 3.42. The van der Waals surface area contributed by atoms with Crippen LogP contribution in [0.3, 0.4) is 0 Å². The highest BCUT2D eigenvalue weighted by molar-refractivity contribution is 6.01. The molecule has 2 aliphatic rings. The molecule has 3 rings (SSSR count). The van der Waals surface area contributed by atoms with Gasteiger partial charge in [0.2, 0.25) is 0 Å². The third kappa shape index (κ3) is 2.16. The normalized spacial score (nSPS) is 24.2. The number of hydrogen-bond donors (Lipinski definition) is 1. The molecule has 0 amide bonds. The van der Waals surface area contributed by atoms with E-state index in [4.69, 9.17) is 4.74 Å². The van der Waals surface area contributed by atoms with Crippen molar-refractivity contribution in [3.63, 3.8) is 0 Å². The second kappa shape index (κ2) is 4.64. The smallest absolute Gasteiger partial charge is 0.166 e. The number of nitrogens with one attached hydrogen (secondary N) is 1. The summed E-state index contributed by atoms with van der Waals surface area (Å²) in [5.41, 5.74) is 2.22. The minimum absolute atomic E-state index is 0.252. The highest BCUT2D eigenvalue weighted by Crippen LogP contribution is 2.59. The van der Waals surface area contributed by atoms with Crippen LogP contribution in [0.4, 0.5) is 0 Å². The third-order valence-electron chi connectivity index (χ3n) is 4.80. The van der Waals surface area contributed by atoms with E-state index in [-0.39, 0.29) is 5.92 Å². The first-order valence-corrected chi connectivity index (χ1v) is 7.06. The molecule has 3 heteroatoms. The Balaban J connectivity index is 1.78. The number of benzene rings is 1. The molecule has 3 nitrogen and oxygen atoms in total. The first-order chi connectivity index (χ1) is 9.16. The lowest BCUT2D eigenvalue weighted by molar-refractivity contribution is 0.0940. The highest BCUT2D eigenvalue weighted by Gasteiger charge is 2.57. The van der Waals surface area contributed by atoms with Crippen LogP contribution in [-0.2, 0) is 0 Å². The van der Waals surface area contributed by atoms with E-state index in [1.807, 2.05) is 25.1 Å². The average Bonchev–Trinajstić information content (AvgIpc) is 3.12. The summed E-state index contributed by atoms with van der Waals surface area (Å²) in [6.07, 6.45) is 3.39. The number of carbonyl (C=O) groups excluding carboxylic acids is 1. The Morgan fingerprint density at radius 3 is 2.74 bits per heavy atom. The van der Waals surface area contributed by atoms with Gasteiger partial charge >= 0.3 is 0 Å². The van der Waals surface area contributed by atoms with Gasteiger partial charge in [-0.25, -0.2) is 0 Å². The van der Waals surface area contributed by atoms with E-state index in [0.29, 0.717) is 11.2 Å². The molecule has 1 saturated heterocycles. The second-order valence-electron chi connectivity index (χ2n) is 5.91. The van der Waals surface area contributed by atoms with Crippen molar-refractivity contribution in [2.75, 3.05) is 20.2 Å². The van der Waals surface area contributed by atoms with Crippen LogP contribution in [-0.4, -0.2) is 26.0 Å². The molecule has 1 unspecified atom stereocenters. The molecule has 1 aliphatic carbocycles. The summed E-state index contributed by atoms with van der Waals surface area (Å²) in [4.78, 5) is 12.6. The molecule has 0 bridgehead atoms. The van der Waals surface area contributed by atoms with Crippen molar-refractivity contribution in [2.45, 2.75) is 26.2 Å². The van der Waals surface area contributed by atoms with Crippen LogP contribution in [0.25, 0.3) is 0 Å². The van der Waals surface area contributed by atoms with Gasteiger partial charge in [0.15, 0.2) is 5.78 Å². The number of aryl methyl sites for hydroxylation is 1. The zero-order valence-corrected chi connectivity index (χ0v) is 11.7. The quantitative estimate of drug-likeness (QED) is 0.848. The van der Waals surface area contributed by atoms with E-state index in [1.54, 1.807) is 7.11 Å². The van der Waals surface area contributed by atoms with Crippen LogP contribution in [0.1, 0.15) is 35.2 Å². The summed E-state index contributed by atoms with van der Waals surface area (Å²) in [6.45, 7) is 4.12. The van der Waals surface area contributed by atoms with Crippen LogP contribution in [0, 0.1) is 18.3 Å². The monoisotopic (exact) mass is 259 g/mol. The van der Waals surface area contributed by atoms with Gasteiger partial charge in [0.25, 0.3) is 0 Å². The molecule has 1 N–H and O–H groups in total. The van der Waals surface area contributed by atoms with Crippen molar-refractivity contribution in [2.24, 2.45) is 11.3 Å². The fraction of sp³-hybridized carbons (Fsp3) is 0.562. The maximum Gasteiger partial charge on any atom is 0.166 e. The zero-order valence-electron chi connectivity index (χ0n) is 11.7. The molecule has 102 valence electrons. The van der Waals surface area contributed by atoms with Crippen LogP contribution in [0.15, 0.2) is 18.2 Å². The summed E-state index contributed by atoms with van der Waals surface area (Å²) >= 11 is 0. The lowest BCUT2D eigenvalue weighted by Gasteiger charge is -2.23. The van der Waals surface area contributed by atoms with Crippen LogP contribution >= 0.6 is 0 Å². The Morgan fingerprint density at radius 2 is 2.11 bits per heavy atom. The molecule has 1 heterocycles. The SMILES string of the molecule is COc1ccc(C(=O)C2CC23CCNCC3)c(C)c1. The molecular weight excluding hydrogens is 238 g/mol. The van der Waals surface area contributed by atoms with Crippen LogP contribution in [0.2, 0.25) is 0 Å². The molecule has 1 aromatic rings. The van der Waals surface area contributed by atoms with Gasteiger partial charge in [-0.1, -0.05) is 0 Å². The zero-order chi connectivity index (χ0) is 13.5. The van der Waals surface area contributed by atoms with Gasteiger partial charge in [-0.05, 0) is 68.5 Å². The number of ketones is 1. The molecule has 2 fully saturated rings. The van der Waals surface area contributed by atoms with Crippen molar-refractivity contribution in [3.8, 4) is 5.75 Å². The molecule has 0 radical (unpaired) electrons. The molecule has 19 heavy (non-hydrogen) atoms. The van der Waals surface area contributed by atoms with Gasteiger partial charge in [-0.2, -0.15) is 0 Å². The maximum absolute atomic E-state index is 12.6. The molecule has 0 aromatic heterocycles. The molecule has 1 aromatic carbocycles. The van der Waals surface area contributed by atoms with Gasteiger partial charge in [-0.3, -0.25) is 4.79 Å². The summed E-state index contributed by atoms with van der Waals surface area (Å²) in [5, 5.41) is 3.38. The number of Topliss-reactive ketones (excluding diaryl/α,β-unsaturated/α-hetero) is 1. The third-order valence-corrected chi connectivity index (χ3v) is 4.80. The summed E-state index contributed by atoms with van der Waals surface area (Å²) < 4.78 is 5.20. The molecular formula is C16H21NO2. The van der Waals surface area contributed by atoms with Crippen molar-refractivity contribution >= 4 is 5.78 Å². The Morgan fingerprint density at radius 1 is 1.37 bits per heavy atom. The van der Waals surface area contributed by atoms with Gasteiger partial charge in [0, 0.05) is 11.5 Å². The van der Waals surface area contributed by atoms with Crippen molar-refractivity contribution < 1.29 is 9.53 Å². The van der Waals surface area contributed by atoms with Crippen molar-refractivity contribution in [3.05, 3.63) is 29.3 Å². The van der Waals surface area contributed by atoms with Gasteiger partial charge in [0.05, 0.1) is 7.11 Å². The van der Waals surface area contributed by atoms with Crippen LogP contribution in [0.5, 0.6) is 5.75 Å². The second-order valence-corrected chi connectivity index (χ2v) is 5.91. The predicted octanol–water partition coefficient (Wildman–Crippen LogP) is 2.58. The van der Waals surface area contributed by atoms with Crippen LogP contribution < -0.4 is 10.1 Å². The summed E-state index contributed by atoms with van der Waals surface area (Å²) in [7, 11) is 1.65. The minimum Gasteiger partial charge on any atom is -0.497 e. The Bertz CT molecular complexity index is 503. The van der Waals surface area contributed by atoms with E-state index in [9.17, 15) is 4.79 Å². The standard InChI is InChI=1S/C16H21NO2/c1-11-9-12(19-2)3-4-13(11)15(18)14-10-16(14)5-7-17-8-6-16/h3-4,9,14,17H,5-8,10H2,1-2H3. The summed E-state index contributed by atoms with van der Waals surface area (Å²) in [5.74, 6) is 1.41. The molecule has 1 aliphatic heterocycles. The number of ether oxygens (including phenoxy) is 1. The van der Waals surface area contributed by atoms with Crippen molar-refractivity contribution in [1.82, 2.24) is 5.32 Å². The lowest BCUT2D eigenvalue weighted by Crippen LogP contribution is -2.30. The highest BCUT2D eigenvalue weighted by atomic mass is 16.5. The first kappa shape index (κ1) is 12.7. The maximum atomic E-state index is 12.6. The van der Waals surface area contributed by atoms with E-state index in [1.165, 1.54) is 0 Å². The number of methoxy groups -OCH3 is 1. The van der Waals surface area contributed by atoms with Gasteiger partial charge < -0.3 is 10.1 Å². The number of hydrogen-bond acceptors (Lipinski definition) is 3. The Labute approximate surface area is 114 Å². The predicted molar refractivity (Wildman–Crippen MR) is 74.7 cm³/mol. The van der Waals surface area contributed by atoms with E-state index in [0.717, 1.165) is 49.2 Å². The van der Waals surface area contributed by atoms with Crippen molar-refractivity contribution in [1.29, 1.82) is 0 Å². The largest absolute Gasteiger partial charge is 0.497 e.